The highest BCUT2D eigenvalue weighted by Gasteiger charge is 2.09. The lowest BCUT2D eigenvalue weighted by molar-refractivity contribution is -0.124. The Morgan fingerprint density at radius 2 is 1.62 bits per heavy atom. The summed E-state index contributed by atoms with van der Waals surface area (Å²) < 4.78 is 0. The van der Waals surface area contributed by atoms with E-state index in [1.54, 1.807) is 0 Å². The van der Waals surface area contributed by atoms with E-state index in [4.69, 9.17) is 0 Å². The van der Waals surface area contributed by atoms with E-state index in [2.05, 4.69) is 15.8 Å². The van der Waals surface area contributed by atoms with E-state index < -0.39 is 0 Å². The average Bonchev–Trinajstić information content (AvgIpc) is 2.53. The van der Waals surface area contributed by atoms with Crippen molar-refractivity contribution >= 4 is 23.2 Å². The zero-order chi connectivity index (χ0) is 14.9. The minimum atomic E-state index is -0.212. The molecule has 5 nitrogen and oxygen atoms in total. The fraction of sp³-hybridized carbons (Fsp3) is 0.438. The summed E-state index contributed by atoms with van der Waals surface area (Å²) in [6.07, 6.45) is 5.78. The number of hydrazone groups is 1. The molecule has 21 heavy (non-hydrogen) atoms. The third-order valence-corrected chi connectivity index (χ3v) is 3.41. The van der Waals surface area contributed by atoms with Crippen molar-refractivity contribution in [1.82, 2.24) is 5.43 Å². The molecule has 0 aliphatic heterocycles. The number of nitrogens with zero attached hydrogens (tertiary/aromatic N) is 1. The fourth-order valence-electron chi connectivity index (χ4n) is 2.24. The second-order valence-corrected chi connectivity index (χ2v) is 5.19. The third-order valence-electron chi connectivity index (χ3n) is 3.41. The van der Waals surface area contributed by atoms with Crippen molar-refractivity contribution in [3.8, 4) is 0 Å². The van der Waals surface area contributed by atoms with Crippen LogP contribution in [0.4, 0.5) is 5.69 Å². The summed E-state index contributed by atoms with van der Waals surface area (Å²) in [4.78, 5) is 23.3. The molecule has 1 aromatic rings. The minimum Gasteiger partial charge on any atom is -0.326 e. The van der Waals surface area contributed by atoms with Crippen molar-refractivity contribution < 1.29 is 9.59 Å². The molecule has 0 heterocycles. The Morgan fingerprint density at radius 1 is 0.952 bits per heavy atom. The Morgan fingerprint density at radius 3 is 2.33 bits per heavy atom. The van der Waals surface area contributed by atoms with Gasteiger partial charge in [0.15, 0.2) is 0 Å². The third kappa shape index (κ3) is 5.77. The summed E-state index contributed by atoms with van der Waals surface area (Å²) in [5, 5.41) is 6.88. The topological polar surface area (TPSA) is 70.6 Å². The molecule has 0 unspecified atom stereocenters. The van der Waals surface area contributed by atoms with Gasteiger partial charge in [0.25, 0.3) is 0 Å². The van der Waals surface area contributed by atoms with Crippen LogP contribution < -0.4 is 10.7 Å². The standard InChI is InChI=1S/C16H21N3O2/c20-15(17-13-7-3-1-4-8-13)11-12-16(21)19-18-14-9-5-2-6-10-14/h1,3-4,7-8H,2,5-6,9-12H2,(H,17,20)(H,19,21). The van der Waals surface area contributed by atoms with Gasteiger partial charge in [-0.25, -0.2) is 5.43 Å². The van der Waals surface area contributed by atoms with Gasteiger partial charge in [-0.15, -0.1) is 0 Å². The zero-order valence-electron chi connectivity index (χ0n) is 12.1. The molecule has 0 aromatic heterocycles. The van der Waals surface area contributed by atoms with Crippen LogP contribution in [0, 0.1) is 0 Å². The van der Waals surface area contributed by atoms with Crippen molar-refractivity contribution in [1.29, 1.82) is 0 Å². The van der Waals surface area contributed by atoms with E-state index in [0.29, 0.717) is 0 Å². The first kappa shape index (κ1) is 15.2. The van der Waals surface area contributed by atoms with Crippen LogP contribution >= 0.6 is 0 Å². The minimum absolute atomic E-state index is 0.148. The number of amides is 2. The highest BCUT2D eigenvalue weighted by atomic mass is 16.2. The van der Waals surface area contributed by atoms with Gasteiger partial charge < -0.3 is 5.32 Å². The first-order chi connectivity index (χ1) is 10.2. The summed E-state index contributed by atoms with van der Waals surface area (Å²) in [6.45, 7) is 0. The molecule has 5 heteroatoms. The number of para-hydroxylation sites is 1. The van der Waals surface area contributed by atoms with E-state index in [-0.39, 0.29) is 24.7 Å². The maximum Gasteiger partial charge on any atom is 0.240 e. The van der Waals surface area contributed by atoms with Gasteiger partial charge in [-0.3, -0.25) is 9.59 Å². The van der Waals surface area contributed by atoms with Crippen LogP contribution in [-0.4, -0.2) is 17.5 Å². The molecular formula is C16H21N3O2. The van der Waals surface area contributed by atoms with Gasteiger partial charge in [-0.1, -0.05) is 24.6 Å². The summed E-state index contributed by atoms with van der Waals surface area (Å²) >= 11 is 0. The highest BCUT2D eigenvalue weighted by Crippen LogP contribution is 2.14. The molecule has 1 aromatic carbocycles. The molecule has 2 N–H and O–H groups in total. The average molecular weight is 287 g/mol. The van der Waals surface area contributed by atoms with Gasteiger partial charge in [-0.05, 0) is 37.8 Å². The molecule has 1 aliphatic carbocycles. The predicted octanol–water partition coefficient (Wildman–Crippen LogP) is 2.84. The first-order valence-corrected chi connectivity index (χ1v) is 7.43. The Bertz CT molecular complexity index is 504. The van der Waals surface area contributed by atoms with Crippen LogP contribution in [0.2, 0.25) is 0 Å². The molecule has 2 rings (SSSR count). The van der Waals surface area contributed by atoms with E-state index >= 15 is 0 Å². The molecule has 0 saturated heterocycles. The number of hydrogen-bond donors (Lipinski definition) is 2. The summed E-state index contributed by atoms with van der Waals surface area (Å²) in [5.74, 6) is -0.377. The fourth-order valence-corrected chi connectivity index (χ4v) is 2.24. The summed E-state index contributed by atoms with van der Waals surface area (Å²) in [7, 11) is 0. The monoisotopic (exact) mass is 287 g/mol. The second-order valence-electron chi connectivity index (χ2n) is 5.19. The van der Waals surface area contributed by atoms with Crippen LogP contribution in [0.15, 0.2) is 35.4 Å². The van der Waals surface area contributed by atoms with Gasteiger partial charge in [0.05, 0.1) is 0 Å². The lowest BCUT2D eigenvalue weighted by Gasteiger charge is -2.11. The normalized spacial score (nSPS) is 14.4. The largest absolute Gasteiger partial charge is 0.326 e. The molecular weight excluding hydrogens is 266 g/mol. The van der Waals surface area contributed by atoms with E-state index in [9.17, 15) is 9.59 Å². The van der Waals surface area contributed by atoms with Gasteiger partial charge in [0.2, 0.25) is 11.8 Å². The van der Waals surface area contributed by atoms with Crippen LogP contribution in [0.25, 0.3) is 0 Å². The Hall–Kier alpha value is -2.17. The van der Waals surface area contributed by atoms with Crippen molar-refractivity contribution in [2.75, 3.05) is 5.32 Å². The SMILES string of the molecule is O=C(CCC(=O)Nc1ccccc1)NN=C1CCCCC1. The van der Waals surface area contributed by atoms with E-state index in [1.807, 2.05) is 30.3 Å². The van der Waals surface area contributed by atoms with Gasteiger partial charge in [0.1, 0.15) is 0 Å². The van der Waals surface area contributed by atoms with Crippen LogP contribution in [-0.2, 0) is 9.59 Å². The van der Waals surface area contributed by atoms with Gasteiger partial charge >= 0.3 is 0 Å². The molecule has 112 valence electrons. The number of anilines is 1. The summed E-state index contributed by atoms with van der Waals surface area (Å²) in [5.41, 5.74) is 4.34. The zero-order valence-corrected chi connectivity index (χ0v) is 12.1. The molecule has 2 amide bonds. The van der Waals surface area contributed by atoms with Crippen LogP contribution in [0.3, 0.4) is 0 Å². The predicted molar refractivity (Wildman–Crippen MR) is 83.0 cm³/mol. The number of benzene rings is 1. The van der Waals surface area contributed by atoms with Crippen molar-refractivity contribution in [3.05, 3.63) is 30.3 Å². The number of carbonyl (C=O) groups excluding carboxylic acids is 2. The molecule has 0 atom stereocenters. The number of rotatable bonds is 5. The first-order valence-electron chi connectivity index (χ1n) is 7.43. The second kappa shape index (κ2) is 8.19. The molecule has 0 bridgehead atoms. The lowest BCUT2D eigenvalue weighted by atomic mass is 9.99. The molecule has 1 saturated carbocycles. The van der Waals surface area contributed by atoms with Crippen LogP contribution in [0.5, 0.6) is 0 Å². The molecule has 0 radical (unpaired) electrons. The number of carbonyl (C=O) groups is 2. The van der Waals surface area contributed by atoms with Crippen LogP contribution in [0.1, 0.15) is 44.9 Å². The molecule has 0 spiro atoms. The smallest absolute Gasteiger partial charge is 0.240 e. The Balaban J connectivity index is 1.67. The summed E-state index contributed by atoms with van der Waals surface area (Å²) in [6, 6.07) is 9.21. The lowest BCUT2D eigenvalue weighted by Crippen LogP contribution is -2.22. The highest BCUT2D eigenvalue weighted by molar-refractivity contribution is 5.93. The maximum absolute atomic E-state index is 11.7. The van der Waals surface area contributed by atoms with E-state index in [0.717, 1.165) is 37.1 Å². The quantitative estimate of drug-likeness (QED) is 0.817. The van der Waals surface area contributed by atoms with E-state index in [1.165, 1.54) is 6.42 Å². The molecule has 1 fully saturated rings. The van der Waals surface area contributed by atoms with Gasteiger partial charge in [-0.2, -0.15) is 5.10 Å². The van der Waals surface area contributed by atoms with Crippen molar-refractivity contribution in [3.63, 3.8) is 0 Å². The Labute approximate surface area is 124 Å². The Kier molecular flexibility index (Phi) is 5.94. The maximum atomic E-state index is 11.7. The molecule has 1 aliphatic rings. The van der Waals surface area contributed by atoms with Crippen molar-refractivity contribution in [2.24, 2.45) is 5.10 Å². The van der Waals surface area contributed by atoms with Crippen molar-refractivity contribution in [2.45, 2.75) is 44.9 Å². The number of nitrogens with one attached hydrogen (secondary N) is 2. The van der Waals surface area contributed by atoms with Gasteiger partial charge in [0, 0.05) is 24.2 Å². The number of hydrogen-bond acceptors (Lipinski definition) is 3.